The molecular formula is C12H10N4OS. The molecule has 1 aromatic carbocycles. The van der Waals surface area contributed by atoms with Gasteiger partial charge >= 0.3 is 6.03 Å². The molecule has 18 heavy (non-hydrogen) atoms. The van der Waals surface area contributed by atoms with Crippen LogP contribution in [0.3, 0.4) is 0 Å². The van der Waals surface area contributed by atoms with Crippen molar-refractivity contribution in [2.75, 3.05) is 5.32 Å². The van der Waals surface area contributed by atoms with Gasteiger partial charge < -0.3 is 5.32 Å². The topological polar surface area (TPSA) is 59.8 Å². The van der Waals surface area contributed by atoms with Crippen LogP contribution in [0.25, 0.3) is 10.2 Å². The summed E-state index contributed by atoms with van der Waals surface area (Å²) in [5, 5.41) is 3.83. The first kappa shape index (κ1) is 10.9. The average molecular weight is 258 g/mol. The predicted molar refractivity (Wildman–Crippen MR) is 71.0 cm³/mol. The summed E-state index contributed by atoms with van der Waals surface area (Å²) < 4.78 is 2.46. The Kier molecular flexibility index (Phi) is 2.56. The van der Waals surface area contributed by atoms with Crippen LogP contribution in [0, 0.1) is 6.92 Å². The Morgan fingerprint density at radius 3 is 3.11 bits per heavy atom. The number of nitrogens with one attached hydrogen (secondary N) is 1. The summed E-state index contributed by atoms with van der Waals surface area (Å²) in [6.45, 7) is 1.97. The van der Waals surface area contributed by atoms with Gasteiger partial charge in [0.1, 0.15) is 6.33 Å². The molecule has 2 aromatic heterocycles. The average Bonchev–Trinajstić information content (AvgIpc) is 2.95. The molecule has 90 valence electrons. The maximum atomic E-state index is 11.8. The number of fused-ring (bicyclic) bond motifs is 1. The van der Waals surface area contributed by atoms with Gasteiger partial charge in [-0.05, 0) is 25.1 Å². The lowest BCUT2D eigenvalue weighted by molar-refractivity contribution is 0.253. The van der Waals surface area contributed by atoms with Crippen molar-refractivity contribution in [3.05, 3.63) is 41.9 Å². The van der Waals surface area contributed by atoms with Gasteiger partial charge in [-0.25, -0.2) is 14.8 Å². The number of thiazole rings is 1. The highest BCUT2D eigenvalue weighted by Crippen LogP contribution is 2.24. The first-order valence-corrected chi connectivity index (χ1v) is 6.20. The largest absolute Gasteiger partial charge is 0.331 e. The van der Waals surface area contributed by atoms with Crippen molar-refractivity contribution in [3.63, 3.8) is 0 Å². The Balaban J connectivity index is 1.88. The number of hydrogen-bond donors (Lipinski definition) is 1. The Morgan fingerprint density at radius 2 is 2.33 bits per heavy atom. The van der Waals surface area contributed by atoms with Crippen LogP contribution >= 0.6 is 11.3 Å². The fraction of sp³-hybridized carbons (Fsp3) is 0.0833. The van der Waals surface area contributed by atoms with Gasteiger partial charge in [0, 0.05) is 18.1 Å². The Bertz CT molecular complexity index is 702. The standard InChI is InChI=1S/C12H10N4OS/c1-8-14-10-3-2-9(6-11(10)18-8)15-12(17)16-5-4-13-7-16/h2-7H,1H3,(H,15,17). The van der Waals surface area contributed by atoms with E-state index in [0.717, 1.165) is 20.9 Å². The van der Waals surface area contributed by atoms with Crippen LogP contribution in [0.5, 0.6) is 0 Å². The summed E-state index contributed by atoms with van der Waals surface area (Å²) in [6, 6.07) is 5.45. The van der Waals surface area contributed by atoms with Crippen molar-refractivity contribution in [1.82, 2.24) is 14.5 Å². The summed E-state index contributed by atoms with van der Waals surface area (Å²) in [4.78, 5) is 20.0. The maximum absolute atomic E-state index is 11.8. The Hall–Kier alpha value is -2.21. The Morgan fingerprint density at radius 1 is 1.44 bits per heavy atom. The van der Waals surface area contributed by atoms with Crippen molar-refractivity contribution in [2.45, 2.75) is 6.92 Å². The molecule has 0 aliphatic heterocycles. The number of imidazole rings is 1. The molecule has 0 aliphatic carbocycles. The number of amides is 1. The second-order valence-corrected chi connectivity index (χ2v) is 5.05. The number of carbonyl (C=O) groups excluding carboxylic acids is 1. The summed E-state index contributed by atoms with van der Waals surface area (Å²) in [6.07, 6.45) is 4.63. The SMILES string of the molecule is Cc1nc2ccc(NC(=O)n3ccnc3)cc2s1. The molecule has 0 fully saturated rings. The van der Waals surface area contributed by atoms with Crippen LogP contribution in [0.15, 0.2) is 36.9 Å². The monoisotopic (exact) mass is 258 g/mol. The van der Waals surface area contributed by atoms with Gasteiger partial charge in [-0.1, -0.05) is 0 Å². The van der Waals surface area contributed by atoms with Crippen LogP contribution in [-0.2, 0) is 0 Å². The van der Waals surface area contributed by atoms with Crippen molar-refractivity contribution >= 4 is 33.3 Å². The molecule has 1 amide bonds. The second kappa shape index (κ2) is 4.23. The number of rotatable bonds is 1. The lowest BCUT2D eigenvalue weighted by Crippen LogP contribution is -2.17. The van der Waals surface area contributed by atoms with E-state index in [1.807, 2.05) is 25.1 Å². The van der Waals surface area contributed by atoms with Gasteiger partial charge in [-0.15, -0.1) is 11.3 Å². The fourth-order valence-corrected chi connectivity index (χ4v) is 2.55. The molecule has 0 bridgehead atoms. The van der Waals surface area contributed by atoms with E-state index in [1.54, 1.807) is 23.7 Å². The van der Waals surface area contributed by atoms with E-state index in [9.17, 15) is 4.79 Å². The first-order valence-electron chi connectivity index (χ1n) is 5.39. The molecule has 0 atom stereocenters. The van der Waals surface area contributed by atoms with E-state index >= 15 is 0 Å². The highest BCUT2D eigenvalue weighted by atomic mass is 32.1. The van der Waals surface area contributed by atoms with Gasteiger partial charge in [0.05, 0.1) is 15.2 Å². The van der Waals surface area contributed by atoms with E-state index in [-0.39, 0.29) is 6.03 Å². The minimum Gasteiger partial charge on any atom is -0.307 e. The van der Waals surface area contributed by atoms with Crippen LogP contribution in [0.4, 0.5) is 10.5 Å². The van der Waals surface area contributed by atoms with Gasteiger partial charge in [0.25, 0.3) is 0 Å². The third-order valence-corrected chi connectivity index (χ3v) is 3.42. The number of aromatic nitrogens is 3. The number of nitrogens with zero attached hydrogens (tertiary/aromatic N) is 3. The van der Waals surface area contributed by atoms with Crippen LogP contribution in [0.1, 0.15) is 5.01 Å². The van der Waals surface area contributed by atoms with Gasteiger partial charge in [-0.3, -0.25) is 4.57 Å². The molecule has 0 saturated heterocycles. The number of anilines is 1. The quantitative estimate of drug-likeness (QED) is 0.730. The van der Waals surface area contributed by atoms with Crippen molar-refractivity contribution in [2.24, 2.45) is 0 Å². The van der Waals surface area contributed by atoms with E-state index in [2.05, 4.69) is 15.3 Å². The number of carbonyl (C=O) groups is 1. The zero-order chi connectivity index (χ0) is 12.5. The van der Waals surface area contributed by atoms with E-state index in [0.29, 0.717) is 0 Å². The normalized spacial score (nSPS) is 10.7. The van der Waals surface area contributed by atoms with Crippen molar-refractivity contribution in [3.8, 4) is 0 Å². The first-order chi connectivity index (χ1) is 8.72. The molecule has 6 heteroatoms. The highest BCUT2D eigenvalue weighted by Gasteiger charge is 2.06. The predicted octanol–water partition coefficient (Wildman–Crippen LogP) is 2.88. The summed E-state index contributed by atoms with van der Waals surface area (Å²) in [5.74, 6) is 0. The Labute approximate surface area is 107 Å². The molecule has 0 spiro atoms. The summed E-state index contributed by atoms with van der Waals surface area (Å²) in [5.41, 5.74) is 1.71. The van der Waals surface area contributed by atoms with Crippen molar-refractivity contribution in [1.29, 1.82) is 0 Å². The smallest absolute Gasteiger partial charge is 0.307 e. The molecule has 0 aliphatic rings. The van der Waals surface area contributed by atoms with E-state index < -0.39 is 0 Å². The molecule has 3 rings (SSSR count). The van der Waals surface area contributed by atoms with Crippen molar-refractivity contribution < 1.29 is 4.79 Å². The zero-order valence-corrected chi connectivity index (χ0v) is 10.4. The second-order valence-electron chi connectivity index (χ2n) is 3.82. The van der Waals surface area contributed by atoms with Gasteiger partial charge in [-0.2, -0.15) is 0 Å². The maximum Gasteiger partial charge on any atom is 0.331 e. The minimum atomic E-state index is -0.229. The van der Waals surface area contributed by atoms with Crippen LogP contribution in [-0.4, -0.2) is 20.6 Å². The van der Waals surface area contributed by atoms with E-state index in [1.165, 1.54) is 10.9 Å². The van der Waals surface area contributed by atoms with Crippen LogP contribution < -0.4 is 5.32 Å². The number of aryl methyl sites for hydroxylation is 1. The van der Waals surface area contributed by atoms with Gasteiger partial charge in [0.2, 0.25) is 0 Å². The fourth-order valence-electron chi connectivity index (χ4n) is 1.68. The molecule has 3 aromatic rings. The molecule has 0 radical (unpaired) electrons. The lowest BCUT2D eigenvalue weighted by Gasteiger charge is -2.04. The zero-order valence-electron chi connectivity index (χ0n) is 9.62. The third-order valence-electron chi connectivity index (χ3n) is 2.49. The third kappa shape index (κ3) is 1.98. The molecule has 5 nitrogen and oxygen atoms in total. The molecular weight excluding hydrogens is 248 g/mol. The van der Waals surface area contributed by atoms with E-state index in [4.69, 9.17) is 0 Å². The highest BCUT2D eigenvalue weighted by molar-refractivity contribution is 7.18. The molecule has 2 heterocycles. The molecule has 1 N–H and O–H groups in total. The number of benzene rings is 1. The molecule has 0 saturated carbocycles. The summed E-state index contributed by atoms with van der Waals surface area (Å²) in [7, 11) is 0. The molecule has 0 unspecified atom stereocenters. The minimum absolute atomic E-state index is 0.229. The van der Waals surface area contributed by atoms with Gasteiger partial charge in [0.15, 0.2) is 0 Å². The lowest BCUT2D eigenvalue weighted by atomic mass is 10.3. The number of hydrogen-bond acceptors (Lipinski definition) is 4. The van der Waals surface area contributed by atoms with Crippen LogP contribution in [0.2, 0.25) is 0 Å². The summed E-state index contributed by atoms with van der Waals surface area (Å²) >= 11 is 1.61.